The maximum atomic E-state index is 13.3. The third kappa shape index (κ3) is 3.89. The van der Waals surface area contributed by atoms with Crippen LogP contribution in [0.5, 0.6) is 0 Å². The molecule has 0 radical (unpaired) electrons. The summed E-state index contributed by atoms with van der Waals surface area (Å²) in [6, 6.07) is 21.9. The molecule has 1 saturated heterocycles. The lowest BCUT2D eigenvalue weighted by Gasteiger charge is -2.26. The zero-order valence-corrected chi connectivity index (χ0v) is 19.0. The van der Waals surface area contributed by atoms with Gasteiger partial charge in [0.1, 0.15) is 5.57 Å². The standard InChI is InChI=1S/C27H20ClN3O3/c1-17-11-12-20(14-23(17)28)31-26(33)22(25(32)29-27(31)34)13-19-16-30(15-18-7-3-2-4-8-18)24-10-6-5-9-21(19)24/h2-14,16H,15H2,1H3,(H,29,32,34). The van der Waals surface area contributed by atoms with Crippen LogP contribution in [0.4, 0.5) is 10.5 Å². The molecule has 168 valence electrons. The lowest BCUT2D eigenvalue weighted by Crippen LogP contribution is -2.54. The Kier molecular flexibility index (Phi) is 5.51. The van der Waals surface area contributed by atoms with Gasteiger partial charge in [-0.1, -0.05) is 66.2 Å². The predicted octanol–water partition coefficient (Wildman–Crippen LogP) is 5.32. The molecule has 1 aliphatic heterocycles. The average Bonchev–Trinajstić information content (AvgIpc) is 3.17. The Balaban J connectivity index is 1.57. The Morgan fingerprint density at radius 3 is 2.44 bits per heavy atom. The van der Waals surface area contributed by atoms with E-state index in [1.807, 2.05) is 67.7 Å². The molecule has 3 aromatic carbocycles. The summed E-state index contributed by atoms with van der Waals surface area (Å²) >= 11 is 6.20. The second kappa shape index (κ2) is 8.65. The van der Waals surface area contributed by atoms with Crippen molar-refractivity contribution < 1.29 is 14.4 Å². The second-order valence-corrected chi connectivity index (χ2v) is 8.51. The molecule has 0 saturated carbocycles. The highest BCUT2D eigenvalue weighted by atomic mass is 35.5. The third-order valence-corrected chi connectivity index (χ3v) is 6.24. The highest BCUT2D eigenvalue weighted by Gasteiger charge is 2.37. The van der Waals surface area contributed by atoms with Gasteiger partial charge in [0.05, 0.1) is 5.69 Å². The van der Waals surface area contributed by atoms with E-state index in [-0.39, 0.29) is 5.57 Å². The van der Waals surface area contributed by atoms with E-state index in [1.165, 1.54) is 12.1 Å². The SMILES string of the molecule is Cc1ccc(N2C(=O)NC(=O)C(=Cc3cn(Cc4ccccc4)c4ccccc34)C2=O)cc1Cl. The number of amides is 4. The smallest absolute Gasteiger partial charge is 0.335 e. The summed E-state index contributed by atoms with van der Waals surface area (Å²) in [6.45, 7) is 2.46. The van der Waals surface area contributed by atoms with Gasteiger partial charge in [-0.05, 0) is 42.3 Å². The van der Waals surface area contributed by atoms with Crippen LogP contribution in [0.2, 0.25) is 5.02 Å². The van der Waals surface area contributed by atoms with E-state index in [0.717, 1.165) is 26.9 Å². The number of carbonyl (C=O) groups is 3. The van der Waals surface area contributed by atoms with E-state index >= 15 is 0 Å². The van der Waals surface area contributed by atoms with Crippen LogP contribution in [-0.4, -0.2) is 22.4 Å². The minimum Gasteiger partial charge on any atom is -0.342 e. The first-order chi connectivity index (χ1) is 16.4. The first-order valence-corrected chi connectivity index (χ1v) is 11.1. The Morgan fingerprint density at radius 1 is 0.941 bits per heavy atom. The van der Waals surface area contributed by atoms with Gasteiger partial charge in [0.15, 0.2) is 0 Å². The van der Waals surface area contributed by atoms with Gasteiger partial charge < -0.3 is 4.57 Å². The zero-order chi connectivity index (χ0) is 23.8. The fraction of sp³-hybridized carbons (Fsp3) is 0.0741. The van der Waals surface area contributed by atoms with Gasteiger partial charge in [-0.15, -0.1) is 0 Å². The van der Waals surface area contributed by atoms with Gasteiger partial charge in [0, 0.05) is 34.2 Å². The molecule has 0 bridgehead atoms. The third-order valence-electron chi connectivity index (χ3n) is 5.83. The van der Waals surface area contributed by atoms with E-state index in [0.29, 0.717) is 22.8 Å². The number of aromatic nitrogens is 1. The maximum absolute atomic E-state index is 13.3. The number of benzene rings is 3. The van der Waals surface area contributed by atoms with Crippen molar-refractivity contribution in [2.75, 3.05) is 4.90 Å². The van der Waals surface area contributed by atoms with Crippen molar-refractivity contribution in [3.05, 3.63) is 106 Å². The molecule has 6 nitrogen and oxygen atoms in total. The minimum atomic E-state index is -0.807. The van der Waals surface area contributed by atoms with Crippen molar-refractivity contribution in [3.8, 4) is 0 Å². The van der Waals surface area contributed by atoms with Crippen LogP contribution in [0.25, 0.3) is 17.0 Å². The number of fused-ring (bicyclic) bond motifs is 1. The molecule has 1 aromatic heterocycles. The summed E-state index contributed by atoms with van der Waals surface area (Å²) < 4.78 is 2.07. The Morgan fingerprint density at radius 2 is 1.68 bits per heavy atom. The highest BCUT2D eigenvalue weighted by molar-refractivity contribution is 6.39. The molecule has 1 aliphatic rings. The van der Waals surface area contributed by atoms with Crippen LogP contribution < -0.4 is 10.2 Å². The number of hydrogen-bond acceptors (Lipinski definition) is 3. The molecular formula is C27H20ClN3O3. The van der Waals surface area contributed by atoms with Crippen molar-refractivity contribution in [2.45, 2.75) is 13.5 Å². The summed E-state index contributed by atoms with van der Waals surface area (Å²) in [5, 5.41) is 3.58. The minimum absolute atomic E-state index is 0.126. The number of hydrogen-bond donors (Lipinski definition) is 1. The van der Waals surface area contributed by atoms with Crippen LogP contribution >= 0.6 is 11.6 Å². The van der Waals surface area contributed by atoms with Gasteiger partial charge in [-0.25, -0.2) is 9.69 Å². The number of imide groups is 2. The van der Waals surface area contributed by atoms with Crippen molar-refractivity contribution in [1.29, 1.82) is 0 Å². The summed E-state index contributed by atoms with van der Waals surface area (Å²) in [7, 11) is 0. The number of rotatable bonds is 4. The number of para-hydroxylation sites is 1. The molecule has 1 N–H and O–H groups in total. The molecule has 4 aromatic rings. The molecule has 0 atom stereocenters. The van der Waals surface area contributed by atoms with E-state index in [4.69, 9.17) is 11.6 Å². The van der Waals surface area contributed by atoms with E-state index in [1.54, 1.807) is 12.1 Å². The quantitative estimate of drug-likeness (QED) is 0.325. The van der Waals surface area contributed by atoms with Crippen LogP contribution in [0, 0.1) is 6.92 Å². The van der Waals surface area contributed by atoms with E-state index < -0.39 is 17.8 Å². The van der Waals surface area contributed by atoms with Crippen LogP contribution in [0.15, 0.2) is 84.6 Å². The van der Waals surface area contributed by atoms with Crippen molar-refractivity contribution >= 4 is 52.1 Å². The monoisotopic (exact) mass is 469 g/mol. The largest absolute Gasteiger partial charge is 0.342 e. The lowest BCUT2D eigenvalue weighted by molar-refractivity contribution is -0.122. The zero-order valence-electron chi connectivity index (χ0n) is 18.3. The lowest BCUT2D eigenvalue weighted by atomic mass is 10.1. The van der Waals surface area contributed by atoms with Gasteiger partial charge in [-0.2, -0.15) is 0 Å². The Bertz CT molecular complexity index is 1490. The number of nitrogens with one attached hydrogen (secondary N) is 1. The Hall–Kier alpha value is -4.16. The molecule has 2 heterocycles. The molecule has 4 amide bonds. The van der Waals surface area contributed by atoms with Crippen LogP contribution in [-0.2, 0) is 16.1 Å². The van der Waals surface area contributed by atoms with Gasteiger partial charge in [0.25, 0.3) is 11.8 Å². The number of aryl methyl sites for hydroxylation is 1. The van der Waals surface area contributed by atoms with E-state index in [9.17, 15) is 14.4 Å². The summed E-state index contributed by atoms with van der Waals surface area (Å²) in [4.78, 5) is 39.4. The summed E-state index contributed by atoms with van der Waals surface area (Å²) in [5.74, 6) is -1.43. The molecule has 0 aliphatic carbocycles. The fourth-order valence-corrected chi connectivity index (χ4v) is 4.24. The molecule has 34 heavy (non-hydrogen) atoms. The molecule has 5 rings (SSSR count). The van der Waals surface area contributed by atoms with Crippen LogP contribution in [0.3, 0.4) is 0 Å². The van der Waals surface area contributed by atoms with Crippen molar-refractivity contribution in [3.63, 3.8) is 0 Å². The van der Waals surface area contributed by atoms with Crippen molar-refractivity contribution in [2.24, 2.45) is 0 Å². The number of halogens is 1. The second-order valence-electron chi connectivity index (χ2n) is 8.11. The normalized spacial score (nSPS) is 15.3. The predicted molar refractivity (Wildman–Crippen MR) is 133 cm³/mol. The van der Waals surface area contributed by atoms with Gasteiger partial charge >= 0.3 is 6.03 Å². The molecule has 7 heteroatoms. The summed E-state index contributed by atoms with van der Waals surface area (Å²) in [5.41, 5.74) is 3.79. The first kappa shape index (κ1) is 21.7. The summed E-state index contributed by atoms with van der Waals surface area (Å²) in [6.07, 6.45) is 3.45. The molecular weight excluding hydrogens is 450 g/mol. The number of urea groups is 1. The van der Waals surface area contributed by atoms with Crippen molar-refractivity contribution in [1.82, 2.24) is 9.88 Å². The van der Waals surface area contributed by atoms with Crippen LogP contribution in [0.1, 0.15) is 16.7 Å². The topological polar surface area (TPSA) is 71.4 Å². The average molecular weight is 470 g/mol. The number of anilines is 1. The number of carbonyl (C=O) groups excluding carboxylic acids is 3. The highest BCUT2D eigenvalue weighted by Crippen LogP contribution is 2.29. The van der Waals surface area contributed by atoms with E-state index in [2.05, 4.69) is 9.88 Å². The first-order valence-electron chi connectivity index (χ1n) is 10.7. The number of nitrogens with zero attached hydrogens (tertiary/aromatic N) is 2. The number of barbiturate groups is 1. The van der Waals surface area contributed by atoms with Gasteiger partial charge in [-0.3, -0.25) is 14.9 Å². The fourth-order valence-electron chi connectivity index (χ4n) is 4.07. The Labute approximate surface area is 201 Å². The molecule has 1 fully saturated rings. The van der Waals surface area contributed by atoms with Gasteiger partial charge in [0.2, 0.25) is 0 Å². The maximum Gasteiger partial charge on any atom is 0.335 e. The molecule has 0 spiro atoms. The molecule has 0 unspecified atom stereocenters.